The summed E-state index contributed by atoms with van der Waals surface area (Å²) in [6.45, 7) is 45.1. The number of para-hydroxylation sites is 8. The molecule has 0 aliphatic rings. The molecule has 19 heteroatoms. The number of aromatic hydroxyl groups is 1. The van der Waals surface area contributed by atoms with Gasteiger partial charge >= 0.3 is 0 Å². The molecule has 0 spiro atoms. The average Bonchev–Trinajstić information content (AvgIpc) is 1.67. The number of halogens is 1. The minimum Gasteiger partial charge on any atom is -0.508 e. The Morgan fingerprint density at radius 3 is 0.981 bits per heavy atom. The number of hydrogen-bond donors (Lipinski definition) is 1. The third kappa shape index (κ3) is 9.11. The second-order valence-electron chi connectivity index (χ2n) is 24.4. The van der Waals surface area contributed by atoms with Crippen LogP contribution in [0.25, 0.3) is 182 Å². The molecule has 472 valence electrons. The Bertz CT molecular complexity index is 7240. The first kappa shape index (κ1) is 60.0. The van der Waals surface area contributed by atoms with E-state index in [2.05, 4.69) is 67.6 Å². The molecule has 8 aromatic heterocycles. The van der Waals surface area contributed by atoms with E-state index >= 15 is 0 Å². The lowest BCUT2D eigenvalue weighted by molar-refractivity contribution is 0.476. The van der Waals surface area contributed by atoms with E-state index in [1.165, 1.54) is 0 Å². The molecule has 0 amide bonds. The van der Waals surface area contributed by atoms with Crippen molar-refractivity contribution < 1.29 is 9.84 Å². The van der Waals surface area contributed by atoms with E-state index in [0.717, 1.165) is 152 Å². The van der Waals surface area contributed by atoms with E-state index in [0.29, 0.717) is 62.4 Å². The van der Waals surface area contributed by atoms with Crippen LogP contribution in [0.3, 0.4) is 0 Å². The smallest absolute Gasteiger partial charge is 0.196 e. The van der Waals surface area contributed by atoms with Crippen molar-refractivity contribution in [2.75, 3.05) is 0 Å². The fourth-order valence-electron chi connectivity index (χ4n) is 14.5. The summed E-state index contributed by atoms with van der Waals surface area (Å²) in [5.74, 6) is 1.34. The van der Waals surface area contributed by atoms with Gasteiger partial charge in [0.2, 0.25) is 0 Å². The van der Waals surface area contributed by atoms with Crippen LogP contribution in [0.4, 0.5) is 34.1 Å². The van der Waals surface area contributed by atoms with Crippen LogP contribution in [0.1, 0.15) is 11.1 Å². The number of benzene rings is 12. The maximum atomic E-state index is 9.99. The van der Waals surface area contributed by atoms with E-state index < -0.39 is 0 Å². The third-order valence-electron chi connectivity index (χ3n) is 18.9. The van der Waals surface area contributed by atoms with E-state index in [4.69, 9.17) is 64.1 Å². The first-order valence-corrected chi connectivity index (χ1v) is 32.6. The van der Waals surface area contributed by atoms with Gasteiger partial charge in [-0.1, -0.05) is 88.7 Å². The number of aromatic nitrogens is 8. The van der Waals surface area contributed by atoms with E-state index in [9.17, 15) is 15.6 Å². The molecule has 0 atom stereocenters. The monoisotopic (exact) mass is 1380 g/mol. The predicted molar refractivity (Wildman–Crippen MR) is 407 cm³/mol. The molecule has 0 saturated carbocycles. The van der Waals surface area contributed by atoms with Crippen molar-refractivity contribution in [1.82, 2.24) is 37.5 Å². The van der Waals surface area contributed by atoms with Crippen LogP contribution in [0.15, 0.2) is 223 Å². The Morgan fingerprint density at radius 1 is 0.311 bits per heavy atom. The summed E-state index contributed by atoms with van der Waals surface area (Å²) in [4.78, 5) is 41.0. The number of fused-ring (bicyclic) bond motifs is 32. The van der Waals surface area contributed by atoms with Crippen LogP contribution in [-0.4, -0.2) is 42.6 Å². The number of hydrogen-bond acceptors (Lipinski definition) is 8. The zero-order valence-corrected chi connectivity index (χ0v) is 54.8. The topological polar surface area (TPSA) is 172 Å². The summed E-state index contributed by atoms with van der Waals surface area (Å²) >= 11 is 3.55. The van der Waals surface area contributed by atoms with Gasteiger partial charge in [-0.3, -0.25) is 46.7 Å². The molecular formula is C84H37BrN16O2. The number of nitriles is 2. The summed E-state index contributed by atoms with van der Waals surface area (Å²) in [6, 6.07) is 72.9. The van der Waals surface area contributed by atoms with Crippen molar-refractivity contribution in [3.8, 4) is 29.4 Å². The molecule has 12 aromatic carbocycles. The lowest BCUT2D eigenvalue weighted by atomic mass is 10.0. The van der Waals surface area contributed by atoms with Gasteiger partial charge in [0.1, 0.15) is 52.0 Å². The molecule has 0 unspecified atom stereocenters. The van der Waals surface area contributed by atoms with Crippen molar-refractivity contribution >= 4 is 203 Å². The zero-order valence-electron chi connectivity index (χ0n) is 53.2. The van der Waals surface area contributed by atoms with Gasteiger partial charge < -0.3 is 9.84 Å². The SMILES string of the molecule is [C-]#[N+]c1cc2c3ccc(Br)cc3c3nc4ccccc4n3c2cc1[N+]#[C-].[C-]#[N+]c1cc2c3ccc(O)cc3c3nc4ccccc4n3c2cc1[N+]#[C-].[C-]#[N+]c1cc2c3ccc(Oc4ccc5c6cc(C#N)c(C#N)cc6n6c7ccccc7nc6c5c4)cc3c3nc4ccccc4n3c2cc1[N+]#[C-]. The first-order valence-electron chi connectivity index (χ1n) is 31.8. The molecule has 0 fully saturated rings. The van der Waals surface area contributed by atoms with Gasteiger partial charge in [-0.2, -0.15) is 10.5 Å². The van der Waals surface area contributed by atoms with Crippen LogP contribution in [0.5, 0.6) is 17.2 Å². The zero-order chi connectivity index (χ0) is 70.1. The molecule has 8 heterocycles. The molecule has 20 rings (SSSR count). The van der Waals surface area contributed by atoms with Gasteiger partial charge in [0.15, 0.2) is 34.1 Å². The van der Waals surface area contributed by atoms with Gasteiger partial charge in [-0.05, 0) is 183 Å². The number of imidazole rings is 4. The van der Waals surface area contributed by atoms with Crippen LogP contribution in [-0.2, 0) is 0 Å². The fourth-order valence-corrected chi connectivity index (χ4v) is 14.8. The summed E-state index contributed by atoms with van der Waals surface area (Å²) < 4.78 is 15.7. The number of rotatable bonds is 2. The van der Waals surface area contributed by atoms with Gasteiger partial charge in [0.25, 0.3) is 0 Å². The second kappa shape index (κ2) is 23.1. The van der Waals surface area contributed by atoms with Gasteiger partial charge in [0.05, 0.1) is 100 Å². The number of nitrogens with zero attached hydrogens (tertiary/aromatic N) is 16. The predicted octanol–water partition coefficient (Wildman–Crippen LogP) is 22.8. The van der Waals surface area contributed by atoms with Crippen molar-refractivity contribution in [2.24, 2.45) is 0 Å². The summed E-state index contributed by atoms with van der Waals surface area (Å²) in [5.41, 5.74) is 16.0. The molecule has 103 heavy (non-hydrogen) atoms. The van der Waals surface area contributed by atoms with E-state index in [-0.39, 0.29) is 5.75 Å². The summed E-state index contributed by atoms with van der Waals surface area (Å²) in [5, 5.41) is 40.3. The molecule has 0 bridgehead atoms. The lowest BCUT2D eigenvalue weighted by Crippen LogP contribution is -1.95. The second-order valence-corrected chi connectivity index (χ2v) is 25.3. The largest absolute Gasteiger partial charge is 0.508 e. The van der Waals surface area contributed by atoms with E-state index in [1.807, 2.05) is 171 Å². The Balaban J connectivity index is 0.000000122. The number of phenols is 1. The minimum absolute atomic E-state index is 0.161. The average molecular weight is 1380 g/mol. The molecule has 0 radical (unpaired) electrons. The van der Waals surface area contributed by atoms with Crippen molar-refractivity contribution in [3.63, 3.8) is 0 Å². The maximum absolute atomic E-state index is 9.99. The molecular weight excluding hydrogens is 1340 g/mol. The highest BCUT2D eigenvalue weighted by atomic mass is 79.9. The van der Waals surface area contributed by atoms with Crippen molar-refractivity contribution in [3.05, 3.63) is 302 Å². The highest BCUT2D eigenvalue weighted by molar-refractivity contribution is 9.10. The number of phenolic OH excluding ortho intramolecular Hbond substituents is 1. The lowest BCUT2D eigenvalue weighted by Gasteiger charge is -2.14. The first-order chi connectivity index (χ1) is 50.5. The summed E-state index contributed by atoms with van der Waals surface area (Å²) in [6.07, 6.45) is 0. The molecule has 1 N–H and O–H groups in total. The van der Waals surface area contributed by atoms with E-state index in [1.54, 1.807) is 54.6 Å². The van der Waals surface area contributed by atoms with Gasteiger partial charge in [-0.15, -0.1) is 0 Å². The van der Waals surface area contributed by atoms with Crippen LogP contribution in [0, 0.1) is 62.1 Å². The Hall–Kier alpha value is -15.5. The quantitative estimate of drug-likeness (QED) is 0.132. The molecule has 0 aliphatic heterocycles. The fraction of sp³-hybridized carbons (Fsp3) is 0. The maximum Gasteiger partial charge on any atom is 0.196 e. The normalized spacial score (nSPS) is 11.3. The Morgan fingerprint density at radius 2 is 0.612 bits per heavy atom. The number of pyridine rings is 4. The molecule has 20 aromatic rings. The summed E-state index contributed by atoms with van der Waals surface area (Å²) in [7, 11) is 0. The van der Waals surface area contributed by atoms with Crippen LogP contribution < -0.4 is 4.74 Å². The van der Waals surface area contributed by atoms with Crippen LogP contribution >= 0.6 is 15.9 Å². The highest BCUT2D eigenvalue weighted by Crippen LogP contribution is 2.45. The van der Waals surface area contributed by atoms with Crippen LogP contribution in [0.2, 0.25) is 0 Å². The Kier molecular flexibility index (Phi) is 13.4. The van der Waals surface area contributed by atoms with Crippen molar-refractivity contribution in [2.45, 2.75) is 0 Å². The number of ether oxygens (including phenoxy) is 1. The highest BCUT2D eigenvalue weighted by Gasteiger charge is 2.23. The minimum atomic E-state index is 0.161. The van der Waals surface area contributed by atoms with Gasteiger partial charge in [0, 0.05) is 48.0 Å². The molecule has 18 nitrogen and oxygen atoms in total. The third-order valence-corrected chi connectivity index (χ3v) is 19.4. The molecule has 0 saturated heterocycles. The van der Waals surface area contributed by atoms with Crippen molar-refractivity contribution in [1.29, 1.82) is 10.5 Å². The molecule has 0 aliphatic carbocycles. The standard InChI is InChI=1S/C42H18N8O.C21H9BrN4.C21H10N4O/c1-45-35-19-30-28-14-12-26(18-32(28)42-48-34-8-4-6-10-38(34)50(42)40(30)20-36(35)46-2)51-25-11-13-27-29-15-23(21-43)24(22-44)16-39(29)49-37-9-5-3-7-33(37)47-41(49)31(27)17-25;1-23-17-10-14-13-8-7-12(22)9-15(13)21-25-16-5-3-4-6-19(16)26(21)20(14)11-18(17)24-2;1-22-17-10-14-13-8-7-12(26)9-15(13)21-24-16-5-3-4-6-19(16)25(21)20(14)11-18(17)23-2/h3-20H;3-11H;3-11,26H. The van der Waals surface area contributed by atoms with Gasteiger partial charge in [-0.25, -0.2) is 19.9 Å². The Labute approximate surface area is 589 Å².